The summed E-state index contributed by atoms with van der Waals surface area (Å²) >= 11 is 6.70. The van der Waals surface area contributed by atoms with Gasteiger partial charge in [0.15, 0.2) is 0 Å². The van der Waals surface area contributed by atoms with Crippen molar-refractivity contribution in [1.29, 1.82) is 5.41 Å². The molecule has 0 radical (unpaired) electrons. The maximum absolute atomic E-state index is 7.56. The summed E-state index contributed by atoms with van der Waals surface area (Å²) in [7, 11) is 0. The van der Waals surface area contributed by atoms with E-state index in [1.807, 2.05) is 25.1 Å². The summed E-state index contributed by atoms with van der Waals surface area (Å²) in [5.74, 6) is 0.199. The standard InChI is InChI=1S/C9H9Br2NO/c1-2-13-9(12)6-3-7(10)5-8(11)4-6/h3-5,12H,2H2,1H3. The molecule has 0 aromatic heterocycles. The van der Waals surface area contributed by atoms with Gasteiger partial charge in [-0.2, -0.15) is 0 Å². The van der Waals surface area contributed by atoms with Gasteiger partial charge in [-0.05, 0) is 25.1 Å². The molecule has 1 N–H and O–H groups in total. The van der Waals surface area contributed by atoms with Crippen LogP contribution in [0.3, 0.4) is 0 Å². The zero-order valence-corrected chi connectivity index (χ0v) is 10.3. The topological polar surface area (TPSA) is 33.1 Å². The summed E-state index contributed by atoms with van der Waals surface area (Å²) in [6.45, 7) is 2.38. The van der Waals surface area contributed by atoms with Crippen LogP contribution in [0.5, 0.6) is 0 Å². The summed E-state index contributed by atoms with van der Waals surface area (Å²) < 4.78 is 6.94. The summed E-state index contributed by atoms with van der Waals surface area (Å²) in [5, 5.41) is 7.56. The van der Waals surface area contributed by atoms with Crippen LogP contribution in [0.15, 0.2) is 27.1 Å². The van der Waals surface area contributed by atoms with E-state index in [4.69, 9.17) is 10.1 Å². The van der Waals surface area contributed by atoms with Gasteiger partial charge in [0, 0.05) is 14.5 Å². The zero-order valence-electron chi connectivity index (χ0n) is 7.10. The van der Waals surface area contributed by atoms with E-state index in [9.17, 15) is 0 Å². The number of rotatable bonds is 2. The molecule has 0 heterocycles. The van der Waals surface area contributed by atoms with Crippen LogP contribution >= 0.6 is 31.9 Å². The molecule has 0 amide bonds. The maximum Gasteiger partial charge on any atom is 0.213 e. The van der Waals surface area contributed by atoms with Crippen LogP contribution in [0.1, 0.15) is 12.5 Å². The van der Waals surface area contributed by atoms with E-state index >= 15 is 0 Å². The molecule has 0 saturated heterocycles. The third-order valence-electron chi connectivity index (χ3n) is 1.41. The van der Waals surface area contributed by atoms with Gasteiger partial charge in [-0.15, -0.1) is 0 Å². The highest BCUT2D eigenvalue weighted by Crippen LogP contribution is 2.20. The first-order valence-electron chi connectivity index (χ1n) is 3.81. The molecule has 70 valence electrons. The smallest absolute Gasteiger partial charge is 0.213 e. The molecule has 2 nitrogen and oxygen atoms in total. The normalized spacial score (nSPS) is 9.77. The van der Waals surface area contributed by atoms with E-state index in [2.05, 4.69) is 31.9 Å². The van der Waals surface area contributed by atoms with E-state index in [0.717, 1.165) is 14.5 Å². The van der Waals surface area contributed by atoms with Crippen molar-refractivity contribution in [3.05, 3.63) is 32.7 Å². The summed E-state index contributed by atoms with van der Waals surface area (Å²) in [6.07, 6.45) is 0. The van der Waals surface area contributed by atoms with E-state index in [-0.39, 0.29) is 5.90 Å². The predicted molar refractivity (Wildman–Crippen MR) is 60.3 cm³/mol. The van der Waals surface area contributed by atoms with Crippen molar-refractivity contribution in [2.75, 3.05) is 6.61 Å². The van der Waals surface area contributed by atoms with Gasteiger partial charge in [-0.1, -0.05) is 31.9 Å². The molecule has 0 saturated carbocycles. The van der Waals surface area contributed by atoms with E-state index in [1.165, 1.54) is 0 Å². The van der Waals surface area contributed by atoms with E-state index in [0.29, 0.717) is 6.61 Å². The Morgan fingerprint density at radius 1 is 1.31 bits per heavy atom. The first-order valence-corrected chi connectivity index (χ1v) is 5.40. The molecule has 0 aliphatic heterocycles. The van der Waals surface area contributed by atoms with Gasteiger partial charge in [0.2, 0.25) is 5.90 Å². The molecule has 1 rings (SSSR count). The second-order valence-corrected chi connectivity index (χ2v) is 4.25. The van der Waals surface area contributed by atoms with Crippen LogP contribution in [0.4, 0.5) is 0 Å². The van der Waals surface area contributed by atoms with E-state index < -0.39 is 0 Å². The fraction of sp³-hybridized carbons (Fsp3) is 0.222. The molecule has 0 spiro atoms. The second-order valence-electron chi connectivity index (χ2n) is 2.42. The van der Waals surface area contributed by atoms with Crippen LogP contribution < -0.4 is 0 Å². The van der Waals surface area contributed by atoms with Crippen molar-refractivity contribution in [2.24, 2.45) is 0 Å². The summed E-state index contributed by atoms with van der Waals surface area (Å²) in [5.41, 5.74) is 0.767. The molecule has 1 aromatic rings. The Morgan fingerprint density at radius 2 is 1.85 bits per heavy atom. The zero-order chi connectivity index (χ0) is 9.84. The third-order valence-corrected chi connectivity index (χ3v) is 2.33. The van der Waals surface area contributed by atoms with Gasteiger partial charge in [0.25, 0.3) is 0 Å². The number of nitrogens with one attached hydrogen (secondary N) is 1. The minimum Gasteiger partial charge on any atom is -0.478 e. The Bertz CT molecular complexity index is 305. The lowest BCUT2D eigenvalue weighted by atomic mass is 10.2. The minimum atomic E-state index is 0.199. The van der Waals surface area contributed by atoms with Crippen LogP contribution in [0.25, 0.3) is 0 Å². The first-order chi connectivity index (χ1) is 6.13. The predicted octanol–water partition coefficient (Wildman–Crippen LogP) is 3.57. The van der Waals surface area contributed by atoms with Crippen LogP contribution in [0, 0.1) is 5.41 Å². The number of hydrogen-bond donors (Lipinski definition) is 1. The Labute approximate surface area is 94.1 Å². The fourth-order valence-corrected chi connectivity index (χ4v) is 2.21. The number of ether oxygens (including phenoxy) is 1. The monoisotopic (exact) mass is 305 g/mol. The van der Waals surface area contributed by atoms with Crippen molar-refractivity contribution < 1.29 is 4.74 Å². The van der Waals surface area contributed by atoms with Gasteiger partial charge in [-0.3, -0.25) is 5.41 Å². The van der Waals surface area contributed by atoms with Crippen LogP contribution in [-0.2, 0) is 4.74 Å². The van der Waals surface area contributed by atoms with Crippen LogP contribution in [-0.4, -0.2) is 12.5 Å². The average Bonchev–Trinajstić information content (AvgIpc) is 2.03. The first kappa shape index (κ1) is 10.7. The number of hydrogen-bond acceptors (Lipinski definition) is 2. The molecule has 0 atom stereocenters. The fourth-order valence-electron chi connectivity index (χ4n) is 0.913. The highest BCUT2D eigenvalue weighted by molar-refractivity contribution is 9.11. The van der Waals surface area contributed by atoms with Gasteiger partial charge in [0.05, 0.1) is 6.61 Å². The minimum absolute atomic E-state index is 0.199. The number of halogens is 2. The maximum atomic E-state index is 7.56. The Balaban J connectivity index is 2.94. The van der Waals surface area contributed by atoms with Gasteiger partial charge < -0.3 is 4.74 Å². The highest BCUT2D eigenvalue weighted by atomic mass is 79.9. The van der Waals surface area contributed by atoms with Crippen molar-refractivity contribution in [3.63, 3.8) is 0 Å². The highest BCUT2D eigenvalue weighted by Gasteiger charge is 2.03. The molecule has 4 heteroatoms. The molecule has 0 bridgehead atoms. The third kappa shape index (κ3) is 3.12. The molecule has 1 aromatic carbocycles. The quantitative estimate of drug-likeness (QED) is 0.657. The molecule has 13 heavy (non-hydrogen) atoms. The van der Waals surface area contributed by atoms with Crippen molar-refractivity contribution in [3.8, 4) is 0 Å². The van der Waals surface area contributed by atoms with Gasteiger partial charge in [0.1, 0.15) is 0 Å². The Hall–Kier alpha value is -0.350. The van der Waals surface area contributed by atoms with Crippen molar-refractivity contribution in [1.82, 2.24) is 0 Å². The van der Waals surface area contributed by atoms with Gasteiger partial charge in [-0.25, -0.2) is 0 Å². The Morgan fingerprint density at radius 3 is 2.31 bits per heavy atom. The van der Waals surface area contributed by atoms with Crippen molar-refractivity contribution in [2.45, 2.75) is 6.92 Å². The molecule has 0 aliphatic carbocycles. The lowest BCUT2D eigenvalue weighted by Crippen LogP contribution is -2.04. The lowest BCUT2D eigenvalue weighted by molar-refractivity contribution is 0.325. The molecule has 0 fully saturated rings. The van der Waals surface area contributed by atoms with Crippen LogP contribution in [0.2, 0.25) is 0 Å². The van der Waals surface area contributed by atoms with Crippen molar-refractivity contribution >= 4 is 37.8 Å². The van der Waals surface area contributed by atoms with Gasteiger partial charge >= 0.3 is 0 Å². The molecule has 0 unspecified atom stereocenters. The Kier molecular flexibility index (Phi) is 3.93. The van der Waals surface area contributed by atoms with E-state index in [1.54, 1.807) is 0 Å². The largest absolute Gasteiger partial charge is 0.478 e. The SMILES string of the molecule is CCOC(=N)c1cc(Br)cc(Br)c1. The molecule has 0 aliphatic rings. The second kappa shape index (κ2) is 4.77. The summed E-state index contributed by atoms with van der Waals surface area (Å²) in [6, 6.07) is 5.62. The number of benzene rings is 1. The summed E-state index contributed by atoms with van der Waals surface area (Å²) in [4.78, 5) is 0. The lowest BCUT2D eigenvalue weighted by Gasteiger charge is -2.05. The average molecular weight is 307 g/mol. The molecular weight excluding hydrogens is 298 g/mol. The molecular formula is C9H9Br2NO.